The van der Waals surface area contributed by atoms with Crippen molar-refractivity contribution in [1.82, 2.24) is 5.32 Å². The molecule has 1 N–H and O–H groups in total. The summed E-state index contributed by atoms with van der Waals surface area (Å²) in [6.45, 7) is 2.68. The number of benzene rings is 2. The van der Waals surface area contributed by atoms with Gasteiger partial charge in [0.25, 0.3) is 0 Å². The van der Waals surface area contributed by atoms with E-state index in [9.17, 15) is 8.78 Å². The second-order valence-corrected chi connectivity index (χ2v) is 5.49. The van der Waals surface area contributed by atoms with Gasteiger partial charge in [-0.15, -0.1) is 0 Å². The largest absolute Gasteiger partial charge is 0.310 e. The van der Waals surface area contributed by atoms with Gasteiger partial charge in [0.1, 0.15) is 11.6 Å². The zero-order chi connectivity index (χ0) is 15.4. The number of hydrogen-bond acceptors (Lipinski definition) is 1. The van der Waals surface area contributed by atoms with Gasteiger partial charge in [0.15, 0.2) is 0 Å². The molecule has 0 spiro atoms. The van der Waals surface area contributed by atoms with E-state index in [-0.39, 0.29) is 16.1 Å². The fourth-order valence-corrected chi connectivity index (χ4v) is 2.60. The van der Waals surface area contributed by atoms with E-state index < -0.39 is 11.6 Å². The Balaban J connectivity index is 2.30. The zero-order valence-corrected chi connectivity index (χ0v) is 13.0. The molecule has 0 aliphatic rings. The van der Waals surface area contributed by atoms with Gasteiger partial charge in [-0.2, -0.15) is 0 Å². The minimum atomic E-state index is -0.459. The quantitative estimate of drug-likeness (QED) is 0.798. The highest BCUT2D eigenvalue weighted by atomic mass is 35.5. The van der Waals surface area contributed by atoms with Crippen LogP contribution in [0.3, 0.4) is 0 Å². The molecule has 0 saturated carbocycles. The van der Waals surface area contributed by atoms with E-state index in [1.54, 1.807) is 24.3 Å². The average molecular weight is 330 g/mol. The molecule has 2 aromatic carbocycles. The molecular formula is C16H15Cl2F2N. The monoisotopic (exact) mass is 329 g/mol. The highest BCUT2D eigenvalue weighted by Crippen LogP contribution is 2.27. The Bertz CT molecular complexity index is 632. The average Bonchev–Trinajstić information content (AvgIpc) is 2.46. The number of halogens is 4. The molecule has 0 aliphatic heterocycles. The van der Waals surface area contributed by atoms with Crippen molar-refractivity contribution in [3.8, 4) is 0 Å². The van der Waals surface area contributed by atoms with Crippen molar-refractivity contribution in [2.75, 3.05) is 6.54 Å². The molecule has 0 amide bonds. The Morgan fingerprint density at radius 1 is 1.10 bits per heavy atom. The summed E-state index contributed by atoms with van der Waals surface area (Å²) in [4.78, 5) is 0. The van der Waals surface area contributed by atoms with E-state index >= 15 is 0 Å². The first-order chi connectivity index (χ1) is 10.0. The lowest BCUT2D eigenvalue weighted by atomic mass is 9.98. The van der Waals surface area contributed by atoms with Crippen LogP contribution in [0.15, 0.2) is 36.4 Å². The van der Waals surface area contributed by atoms with Crippen LogP contribution in [-0.2, 0) is 6.42 Å². The first-order valence-electron chi connectivity index (χ1n) is 6.64. The van der Waals surface area contributed by atoms with Crippen LogP contribution in [0.1, 0.15) is 24.1 Å². The molecule has 5 heteroatoms. The summed E-state index contributed by atoms with van der Waals surface area (Å²) >= 11 is 11.8. The van der Waals surface area contributed by atoms with Crippen LogP contribution >= 0.6 is 23.2 Å². The SMILES string of the molecule is CCNC(Cc1cccc(F)c1Cl)c1ccc(F)c(Cl)c1. The van der Waals surface area contributed by atoms with E-state index in [4.69, 9.17) is 23.2 Å². The fourth-order valence-electron chi connectivity index (χ4n) is 2.21. The summed E-state index contributed by atoms with van der Waals surface area (Å²) < 4.78 is 26.8. The standard InChI is InChI=1S/C16H15Cl2F2N/c1-2-21-15(10-6-7-13(19)12(17)8-10)9-11-4-3-5-14(20)16(11)18/h3-8,15,21H,2,9H2,1H3. The van der Waals surface area contributed by atoms with E-state index in [0.717, 1.165) is 5.56 Å². The Morgan fingerprint density at radius 2 is 1.86 bits per heavy atom. The molecule has 1 unspecified atom stereocenters. The molecule has 21 heavy (non-hydrogen) atoms. The Hall–Kier alpha value is -1.16. The molecule has 2 aromatic rings. The van der Waals surface area contributed by atoms with Crippen molar-refractivity contribution >= 4 is 23.2 Å². The second-order valence-electron chi connectivity index (χ2n) is 4.70. The number of hydrogen-bond donors (Lipinski definition) is 1. The van der Waals surface area contributed by atoms with E-state index in [1.165, 1.54) is 12.1 Å². The predicted octanol–water partition coefficient (Wildman–Crippen LogP) is 5.16. The molecule has 112 valence electrons. The molecule has 2 rings (SSSR count). The van der Waals surface area contributed by atoms with E-state index in [1.807, 2.05) is 6.92 Å². The summed E-state index contributed by atoms with van der Waals surface area (Å²) in [5.74, 6) is -0.902. The van der Waals surface area contributed by atoms with Crippen LogP contribution in [-0.4, -0.2) is 6.54 Å². The fraction of sp³-hybridized carbons (Fsp3) is 0.250. The van der Waals surface area contributed by atoms with E-state index in [0.29, 0.717) is 18.5 Å². The minimum Gasteiger partial charge on any atom is -0.310 e. The van der Waals surface area contributed by atoms with Crippen LogP contribution in [0, 0.1) is 11.6 Å². The number of nitrogens with one attached hydrogen (secondary N) is 1. The summed E-state index contributed by atoms with van der Waals surface area (Å²) in [6, 6.07) is 9.18. The molecule has 0 aromatic heterocycles. The third-order valence-electron chi connectivity index (χ3n) is 3.25. The normalized spacial score (nSPS) is 12.4. The van der Waals surface area contributed by atoms with Gasteiger partial charge in [-0.1, -0.05) is 48.3 Å². The zero-order valence-electron chi connectivity index (χ0n) is 11.5. The summed E-state index contributed by atoms with van der Waals surface area (Å²) in [6.07, 6.45) is 0.492. The van der Waals surface area contributed by atoms with Gasteiger partial charge in [-0.05, 0) is 42.3 Å². The summed E-state index contributed by atoms with van der Waals surface area (Å²) in [7, 11) is 0. The molecule has 0 heterocycles. The Labute approximate surface area is 132 Å². The summed E-state index contributed by atoms with van der Waals surface area (Å²) in [5.41, 5.74) is 1.53. The van der Waals surface area contributed by atoms with Crippen molar-refractivity contribution in [2.45, 2.75) is 19.4 Å². The van der Waals surface area contributed by atoms with Crippen LogP contribution in [0.5, 0.6) is 0 Å². The van der Waals surface area contributed by atoms with Crippen LogP contribution in [0.4, 0.5) is 8.78 Å². The second kappa shape index (κ2) is 7.21. The van der Waals surface area contributed by atoms with Gasteiger partial charge in [-0.25, -0.2) is 8.78 Å². The highest BCUT2D eigenvalue weighted by molar-refractivity contribution is 6.31. The Morgan fingerprint density at radius 3 is 2.52 bits per heavy atom. The van der Waals surface area contributed by atoms with Gasteiger partial charge in [0.05, 0.1) is 10.0 Å². The third-order valence-corrected chi connectivity index (χ3v) is 3.97. The molecule has 1 atom stereocenters. The van der Waals surface area contributed by atoms with Crippen molar-refractivity contribution in [3.05, 3.63) is 69.2 Å². The van der Waals surface area contributed by atoms with Gasteiger partial charge in [0.2, 0.25) is 0 Å². The third kappa shape index (κ3) is 3.94. The molecule has 0 radical (unpaired) electrons. The maximum Gasteiger partial charge on any atom is 0.142 e. The summed E-state index contributed by atoms with van der Waals surface area (Å²) in [5, 5.41) is 3.47. The van der Waals surface area contributed by atoms with Crippen LogP contribution in [0.2, 0.25) is 10.0 Å². The van der Waals surface area contributed by atoms with Crippen molar-refractivity contribution in [3.63, 3.8) is 0 Å². The van der Waals surface area contributed by atoms with Crippen LogP contribution < -0.4 is 5.32 Å². The number of likely N-dealkylation sites (N-methyl/N-ethyl adjacent to an activating group) is 1. The lowest BCUT2D eigenvalue weighted by Crippen LogP contribution is -2.23. The van der Waals surface area contributed by atoms with Gasteiger partial charge in [0, 0.05) is 6.04 Å². The van der Waals surface area contributed by atoms with Crippen molar-refractivity contribution in [1.29, 1.82) is 0 Å². The Kier molecular flexibility index (Phi) is 5.57. The molecule has 0 fully saturated rings. The minimum absolute atomic E-state index is 0.0701. The topological polar surface area (TPSA) is 12.0 Å². The smallest absolute Gasteiger partial charge is 0.142 e. The highest BCUT2D eigenvalue weighted by Gasteiger charge is 2.16. The van der Waals surface area contributed by atoms with Gasteiger partial charge < -0.3 is 5.32 Å². The maximum atomic E-state index is 13.5. The first kappa shape index (κ1) is 16.2. The van der Waals surface area contributed by atoms with Gasteiger partial charge in [-0.3, -0.25) is 0 Å². The lowest BCUT2D eigenvalue weighted by molar-refractivity contribution is 0.544. The van der Waals surface area contributed by atoms with Crippen molar-refractivity contribution in [2.24, 2.45) is 0 Å². The molecule has 0 aliphatic carbocycles. The molecule has 0 bridgehead atoms. The van der Waals surface area contributed by atoms with E-state index in [2.05, 4.69) is 5.32 Å². The molecule has 0 saturated heterocycles. The van der Waals surface area contributed by atoms with Gasteiger partial charge >= 0.3 is 0 Å². The maximum absolute atomic E-state index is 13.5. The molecule has 1 nitrogen and oxygen atoms in total. The van der Waals surface area contributed by atoms with Crippen LogP contribution in [0.25, 0.3) is 0 Å². The first-order valence-corrected chi connectivity index (χ1v) is 7.39. The number of rotatable bonds is 5. The molecular weight excluding hydrogens is 315 g/mol. The lowest BCUT2D eigenvalue weighted by Gasteiger charge is -2.19. The van der Waals surface area contributed by atoms with Crippen molar-refractivity contribution < 1.29 is 8.78 Å². The predicted molar refractivity (Wildman–Crippen MR) is 82.9 cm³/mol.